The molecule has 4 heteroatoms. The molecule has 110 valence electrons. The van der Waals surface area contributed by atoms with Gasteiger partial charge in [-0.1, -0.05) is 36.4 Å². The van der Waals surface area contributed by atoms with E-state index in [4.69, 9.17) is 5.73 Å². The van der Waals surface area contributed by atoms with Crippen LogP contribution >= 0.6 is 0 Å². The van der Waals surface area contributed by atoms with E-state index < -0.39 is 11.7 Å². The number of rotatable bonds is 3. The zero-order valence-electron chi connectivity index (χ0n) is 11.4. The van der Waals surface area contributed by atoms with Crippen molar-refractivity contribution in [1.29, 1.82) is 0 Å². The van der Waals surface area contributed by atoms with Crippen LogP contribution in [0.25, 0.3) is 11.1 Å². The first-order valence-electron chi connectivity index (χ1n) is 6.96. The number of alkyl halides is 3. The highest BCUT2D eigenvalue weighted by molar-refractivity contribution is 5.64. The van der Waals surface area contributed by atoms with Gasteiger partial charge in [0, 0.05) is 0 Å². The molecule has 2 aromatic rings. The largest absolute Gasteiger partial charge is 0.416 e. The number of nitrogens with two attached hydrogens (primary N) is 1. The molecule has 2 atom stereocenters. The van der Waals surface area contributed by atoms with Crippen molar-refractivity contribution in [2.45, 2.75) is 18.5 Å². The first-order chi connectivity index (χ1) is 9.99. The summed E-state index contributed by atoms with van der Waals surface area (Å²) >= 11 is 0. The monoisotopic (exact) mass is 291 g/mol. The van der Waals surface area contributed by atoms with Crippen molar-refractivity contribution in [3.8, 4) is 11.1 Å². The molecule has 1 aliphatic carbocycles. The Bertz CT molecular complexity index is 614. The normalized spacial score (nSPS) is 21.3. The smallest absolute Gasteiger partial charge is 0.330 e. The molecule has 21 heavy (non-hydrogen) atoms. The first kappa shape index (κ1) is 14.1. The Morgan fingerprint density at radius 3 is 1.86 bits per heavy atom. The molecule has 1 aliphatic rings. The third-order valence-electron chi connectivity index (χ3n) is 4.11. The molecule has 0 spiro atoms. The Balaban J connectivity index is 1.78. The van der Waals surface area contributed by atoms with E-state index in [1.807, 2.05) is 24.3 Å². The molecule has 3 rings (SSSR count). The van der Waals surface area contributed by atoms with Crippen LogP contribution in [0.15, 0.2) is 48.5 Å². The maximum Gasteiger partial charge on any atom is 0.416 e. The van der Waals surface area contributed by atoms with Crippen molar-refractivity contribution in [1.82, 2.24) is 0 Å². The lowest BCUT2D eigenvalue weighted by Crippen LogP contribution is -2.04. The Morgan fingerprint density at radius 2 is 1.43 bits per heavy atom. The minimum atomic E-state index is -4.29. The number of benzene rings is 2. The van der Waals surface area contributed by atoms with E-state index in [9.17, 15) is 13.2 Å². The van der Waals surface area contributed by atoms with Gasteiger partial charge in [-0.3, -0.25) is 0 Å². The van der Waals surface area contributed by atoms with Crippen LogP contribution in [0.1, 0.15) is 23.5 Å². The van der Waals surface area contributed by atoms with Crippen LogP contribution in [-0.2, 0) is 6.18 Å². The van der Waals surface area contributed by atoms with Crippen LogP contribution in [0, 0.1) is 5.92 Å². The van der Waals surface area contributed by atoms with Crippen molar-refractivity contribution < 1.29 is 13.2 Å². The van der Waals surface area contributed by atoms with E-state index in [2.05, 4.69) is 0 Å². The van der Waals surface area contributed by atoms with Crippen LogP contribution in [0.4, 0.5) is 13.2 Å². The highest BCUT2D eigenvalue weighted by Gasteiger charge is 2.36. The summed E-state index contributed by atoms with van der Waals surface area (Å²) in [5.41, 5.74) is 8.01. The van der Waals surface area contributed by atoms with Crippen molar-refractivity contribution >= 4 is 0 Å². The van der Waals surface area contributed by atoms with E-state index in [1.54, 1.807) is 0 Å². The van der Waals surface area contributed by atoms with Gasteiger partial charge in [-0.2, -0.15) is 13.2 Å². The summed E-state index contributed by atoms with van der Waals surface area (Å²) < 4.78 is 37.6. The summed E-state index contributed by atoms with van der Waals surface area (Å²) in [6.07, 6.45) is -3.15. The van der Waals surface area contributed by atoms with Gasteiger partial charge in [0.2, 0.25) is 0 Å². The molecule has 1 fully saturated rings. The molecule has 0 unspecified atom stereocenters. The van der Waals surface area contributed by atoms with Gasteiger partial charge >= 0.3 is 6.18 Å². The maximum absolute atomic E-state index is 12.5. The molecule has 0 saturated heterocycles. The van der Waals surface area contributed by atoms with Gasteiger partial charge in [0.1, 0.15) is 0 Å². The zero-order chi connectivity index (χ0) is 15.0. The quantitative estimate of drug-likeness (QED) is 0.889. The third-order valence-corrected chi connectivity index (χ3v) is 4.11. The van der Waals surface area contributed by atoms with E-state index in [1.165, 1.54) is 17.7 Å². The summed E-state index contributed by atoms with van der Waals surface area (Å²) in [7, 11) is 0. The topological polar surface area (TPSA) is 26.0 Å². The summed E-state index contributed by atoms with van der Waals surface area (Å²) in [6, 6.07) is 13.3. The first-order valence-corrected chi connectivity index (χ1v) is 6.96. The fourth-order valence-electron chi connectivity index (χ4n) is 2.69. The molecule has 0 heterocycles. The predicted octanol–water partition coefficient (Wildman–Crippen LogP) is 4.43. The zero-order valence-corrected chi connectivity index (χ0v) is 11.4. The van der Waals surface area contributed by atoms with Gasteiger partial charge in [0.05, 0.1) is 5.56 Å². The molecule has 0 aliphatic heterocycles. The summed E-state index contributed by atoms with van der Waals surface area (Å²) in [5, 5.41) is 0. The minimum absolute atomic E-state index is 0.552. The molecule has 2 N–H and O–H groups in total. The second-order valence-electron chi connectivity index (χ2n) is 5.54. The minimum Gasteiger partial charge on any atom is -0.330 e. The van der Waals surface area contributed by atoms with Crippen LogP contribution in [-0.4, -0.2) is 6.54 Å². The lowest BCUT2D eigenvalue weighted by atomic mass is 10.0. The predicted molar refractivity (Wildman–Crippen MR) is 76.8 cm³/mol. The lowest BCUT2D eigenvalue weighted by Gasteiger charge is -2.08. The molecule has 1 saturated carbocycles. The second-order valence-corrected chi connectivity index (χ2v) is 5.54. The standard InChI is InChI=1S/C17H16F3N/c18-17(19,20)15-7-5-12(6-8-15)11-1-3-13(4-2-11)16-9-14(16)10-21/h1-8,14,16H,9-10,21H2/t14-,16-/m0/s1. The van der Waals surface area contributed by atoms with Gasteiger partial charge < -0.3 is 5.73 Å². The van der Waals surface area contributed by atoms with Crippen LogP contribution < -0.4 is 5.73 Å². The Morgan fingerprint density at radius 1 is 0.905 bits per heavy atom. The van der Waals surface area contributed by atoms with E-state index in [0.717, 1.165) is 29.7 Å². The fourth-order valence-corrected chi connectivity index (χ4v) is 2.69. The van der Waals surface area contributed by atoms with Crippen LogP contribution in [0.3, 0.4) is 0 Å². The Hall–Kier alpha value is -1.81. The summed E-state index contributed by atoms with van der Waals surface area (Å²) in [6.45, 7) is 0.714. The molecule has 0 amide bonds. The maximum atomic E-state index is 12.5. The van der Waals surface area contributed by atoms with E-state index >= 15 is 0 Å². The fraction of sp³-hybridized carbons (Fsp3) is 0.294. The van der Waals surface area contributed by atoms with Gasteiger partial charge in [-0.25, -0.2) is 0 Å². The average Bonchev–Trinajstić information content (AvgIpc) is 3.26. The molecule has 1 nitrogen and oxygen atoms in total. The number of hydrogen-bond acceptors (Lipinski definition) is 1. The van der Waals surface area contributed by atoms with Crippen molar-refractivity contribution in [3.63, 3.8) is 0 Å². The molecular weight excluding hydrogens is 275 g/mol. The third kappa shape index (κ3) is 2.95. The van der Waals surface area contributed by atoms with Gasteiger partial charge in [0.25, 0.3) is 0 Å². The Labute approximate surface area is 121 Å². The highest BCUT2D eigenvalue weighted by Crippen LogP contribution is 2.46. The molecular formula is C17H16F3N. The highest BCUT2D eigenvalue weighted by atomic mass is 19.4. The number of halogens is 3. The van der Waals surface area contributed by atoms with E-state index in [0.29, 0.717) is 18.4 Å². The molecule has 0 aromatic heterocycles. The van der Waals surface area contributed by atoms with Gasteiger partial charge in [-0.05, 0) is 53.6 Å². The van der Waals surface area contributed by atoms with Crippen molar-refractivity contribution in [2.75, 3.05) is 6.54 Å². The van der Waals surface area contributed by atoms with Crippen LogP contribution in [0.5, 0.6) is 0 Å². The average molecular weight is 291 g/mol. The molecule has 2 aromatic carbocycles. The van der Waals surface area contributed by atoms with Crippen molar-refractivity contribution in [2.24, 2.45) is 11.7 Å². The Kier molecular flexibility index (Phi) is 3.49. The lowest BCUT2D eigenvalue weighted by molar-refractivity contribution is -0.137. The molecule has 0 radical (unpaired) electrons. The van der Waals surface area contributed by atoms with Gasteiger partial charge in [0.15, 0.2) is 0 Å². The summed E-state index contributed by atoms with van der Waals surface area (Å²) in [4.78, 5) is 0. The summed E-state index contributed by atoms with van der Waals surface area (Å²) in [5.74, 6) is 1.14. The van der Waals surface area contributed by atoms with Gasteiger partial charge in [-0.15, -0.1) is 0 Å². The second kappa shape index (κ2) is 5.19. The SMILES string of the molecule is NC[C@@H]1C[C@H]1c1ccc(-c2ccc(C(F)(F)F)cc2)cc1. The van der Waals surface area contributed by atoms with Crippen LogP contribution in [0.2, 0.25) is 0 Å². The number of hydrogen-bond donors (Lipinski definition) is 1. The van der Waals surface area contributed by atoms with E-state index in [-0.39, 0.29) is 0 Å². The molecule has 0 bridgehead atoms. The van der Waals surface area contributed by atoms with Crippen molar-refractivity contribution in [3.05, 3.63) is 59.7 Å².